The third kappa shape index (κ3) is 14.0. The van der Waals surface area contributed by atoms with Crippen LogP contribution in [0, 0.1) is 11.8 Å². The van der Waals surface area contributed by atoms with E-state index in [1.165, 1.54) is 0 Å². The number of carbonyl (C=O) groups excluding carboxylic acids is 3. The van der Waals surface area contributed by atoms with Gasteiger partial charge in [-0.25, -0.2) is 4.79 Å². The van der Waals surface area contributed by atoms with Crippen LogP contribution in [0.25, 0.3) is 0 Å². The Labute approximate surface area is 217 Å². The first kappa shape index (κ1) is 33.6. The molecule has 0 radical (unpaired) electrons. The summed E-state index contributed by atoms with van der Waals surface area (Å²) in [6.07, 6.45) is 0.702. The Kier molecular flexibility index (Phi) is 15.5. The molecule has 3 amide bonds. The van der Waals surface area contributed by atoms with E-state index in [1.807, 2.05) is 13.8 Å². The van der Waals surface area contributed by atoms with Crippen molar-refractivity contribution >= 4 is 35.6 Å². The predicted octanol–water partition coefficient (Wildman–Crippen LogP) is -1.14. The van der Waals surface area contributed by atoms with Gasteiger partial charge < -0.3 is 43.4 Å². The Morgan fingerprint density at radius 3 is 1.92 bits per heavy atom. The average molecular weight is 530 g/mol. The smallest absolute Gasteiger partial charge is 0.326 e. The fraction of sp³-hybridized carbons (Fsp3) is 0.739. The van der Waals surface area contributed by atoms with Gasteiger partial charge in [0.25, 0.3) is 0 Å². The normalized spacial score (nSPS) is 15.0. The topological polar surface area (TPSA) is 252 Å². The summed E-state index contributed by atoms with van der Waals surface area (Å²) in [6, 6.07) is -4.47. The predicted molar refractivity (Wildman–Crippen MR) is 137 cm³/mol. The zero-order valence-electron chi connectivity index (χ0n) is 22.0. The van der Waals surface area contributed by atoms with Gasteiger partial charge in [-0.2, -0.15) is 0 Å². The van der Waals surface area contributed by atoms with E-state index in [-0.39, 0.29) is 50.0 Å². The number of aliphatic imine (C=N–C) groups is 1. The summed E-state index contributed by atoms with van der Waals surface area (Å²) in [5.74, 6) is -4.88. The van der Waals surface area contributed by atoms with Crippen LogP contribution in [-0.4, -0.2) is 76.5 Å². The summed E-state index contributed by atoms with van der Waals surface area (Å²) in [4.78, 5) is 65.0. The Bertz CT molecular complexity index is 815. The lowest BCUT2D eigenvalue weighted by Crippen LogP contribution is -2.58. The van der Waals surface area contributed by atoms with Gasteiger partial charge in [0, 0.05) is 13.0 Å². The number of hydrogen-bond acceptors (Lipinski definition) is 7. The first-order chi connectivity index (χ1) is 17.2. The van der Waals surface area contributed by atoms with E-state index in [1.54, 1.807) is 13.8 Å². The molecule has 0 aromatic heterocycles. The van der Waals surface area contributed by atoms with Gasteiger partial charge in [0.1, 0.15) is 18.1 Å². The van der Waals surface area contributed by atoms with Crippen LogP contribution >= 0.6 is 0 Å². The van der Waals surface area contributed by atoms with Crippen molar-refractivity contribution in [2.24, 2.45) is 34.0 Å². The number of guanidine groups is 1. The molecule has 0 aromatic rings. The molecule has 0 spiro atoms. The van der Waals surface area contributed by atoms with Crippen molar-refractivity contribution in [3.63, 3.8) is 0 Å². The van der Waals surface area contributed by atoms with Crippen LogP contribution in [0.15, 0.2) is 4.99 Å². The largest absolute Gasteiger partial charge is 0.481 e. The molecular formula is C23H43N7O7. The summed E-state index contributed by atoms with van der Waals surface area (Å²) in [7, 11) is 0. The Balaban J connectivity index is 5.67. The van der Waals surface area contributed by atoms with Crippen LogP contribution in [0.3, 0.4) is 0 Å². The third-order valence-corrected chi connectivity index (χ3v) is 5.70. The first-order valence-electron chi connectivity index (χ1n) is 12.4. The minimum atomic E-state index is -1.20. The molecule has 0 saturated carbocycles. The van der Waals surface area contributed by atoms with Gasteiger partial charge in [-0.3, -0.25) is 24.2 Å². The zero-order valence-corrected chi connectivity index (χ0v) is 22.0. The molecule has 37 heavy (non-hydrogen) atoms. The minimum absolute atomic E-state index is 0.0257. The third-order valence-electron chi connectivity index (χ3n) is 5.70. The number of carboxylic acids is 2. The maximum Gasteiger partial charge on any atom is 0.326 e. The van der Waals surface area contributed by atoms with Gasteiger partial charge in [-0.1, -0.05) is 34.1 Å². The molecule has 0 fully saturated rings. The number of hydrogen-bond donors (Lipinski definition) is 8. The van der Waals surface area contributed by atoms with Crippen molar-refractivity contribution in [2.45, 2.75) is 90.4 Å². The Morgan fingerprint density at radius 1 is 0.865 bits per heavy atom. The monoisotopic (exact) mass is 529 g/mol. The van der Waals surface area contributed by atoms with Gasteiger partial charge in [0.2, 0.25) is 17.7 Å². The maximum absolute atomic E-state index is 13.1. The number of carbonyl (C=O) groups is 5. The number of aliphatic carboxylic acids is 2. The van der Waals surface area contributed by atoms with Gasteiger partial charge in [-0.15, -0.1) is 0 Å². The lowest BCUT2D eigenvalue weighted by atomic mass is 9.98. The van der Waals surface area contributed by atoms with Gasteiger partial charge in [0.05, 0.1) is 6.04 Å². The van der Waals surface area contributed by atoms with Crippen LogP contribution in [0.4, 0.5) is 0 Å². The molecule has 0 saturated heterocycles. The van der Waals surface area contributed by atoms with Gasteiger partial charge >= 0.3 is 11.9 Å². The fourth-order valence-corrected chi connectivity index (χ4v) is 3.37. The van der Waals surface area contributed by atoms with Crippen molar-refractivity contribution in [2.75, 3.05) is 6.54 Å². The SMILES string of the molecule is CCC(C)C(NC(=O)C(CCCN=C(N)N)NC(=O)C(CC(C)C)NC(=O)C(N)CCC(=O)O)C(=O)O. The average Bonchev–Trinajstić information content (AvgIpc) is 2.80. The van der Waals surface area contributed by atoms with Crippen molar-refractivity contribution in [3.8, 4) is 0 Å². The highest BCUT2D eigenvalue weighted by molar-refractivity contribution is 5.94. The standard InChI is InChI=1S/C23H43N7O7/c1-5-13(4)18(22(36)37)30-20(34)15(7-6-10-27-23(25)26)28-21(35)16(11-12(2)3)29-19(33)14(24)8-9-17(31)32/h12-16,18H,5-11,24H2,1-4H3,(H,28,35)(H,29,33)(H,30,34)(H,31,32)(H,36,37)(H4,25,26,27). The van der Waals surface area contributed by atoms with E-state index >= 15 is 0 Å². The molecule has 0 heterocycles. The summed E-state index contributed by atoms with van der Waals surface area (Å²) in [5.41, 5.74) is 16.4. The summed E-state index contributed by atoms with van der Waals surface area (Å²) in [5, 5.41) is 26.0. The van der Waals surface area contributed by atoms with E-state index in [4.69, 9.17) is 22.3 Å². The molecule has 0 aliphatic rings. The summed E-state index contributed by atoms with van der Waals surface area (Å²) >= 11 is 0. The lowest BCUT2D eigenvalue weighted by molar-refractivity contribution is -0.144. The van der Waals surface area contributed by atoms with E-state index in [0.29, 0.717) is 12.8 Å². The molecule has 0 bridgehead atoms. The van der Waals surface area contributed by atoms with Crippen molar-refractivity contribution in [3.05, 3.63) is 0 Å². The number of carboxylic acid groups (broad SMARTS) is 2. The quantitative estimate of drug-likeness (QED) is 0.0601. The molecule has 11 N–H and O–H groups in total. The minimum Gasteiger partial charge on any atom is -0.481 e. The molecule has 0 aromatic carbocycles. The fourth-order valence-electron chi connectivity index (χ4n) is 3.37. The van der Waals surface area contributed by atoms with Crippen LogP contribution in [0.2, 0.25) is 0 Å². The highest BCUT2D eigenvalue weighted by Crippen LogP contribution is 2.11. The number of nitrogens with zero attached hydrogens (tertiary/aromatic N) is 1. The molecule has 0 aliphatic heterocycles. The molecule has 5 unspecified atom stereocenters. The van der Waals surface area contributed by atoms with Crippen LogP contribution in [0.5, 0.6) is 0 Å². The molecular weight excluding hydrogens is 486 g/mol. The molecule has 0 aliphatic carbocycles. The Hall–Kier alpha value is -3.42. The molecule has 14 heteroatoms. The van der Waals surface area contributed by atoms with Gasteiger partial charge in [0.15, 0.2) is 5.96 Å². The molecule has 0 rings (SSSR count). The van der Waals surface area contributed by atoms with E-state index in [2.05, 4.69) is 20.9 Å². The second kappa shape index (κ2) is 17.1. The van der Waals surface area contributed by atoms with Crippen molar-refractivity contribution in [1.82, 2.24) is 16.0 Å². The second-order valence-electron chi connectivity index (χ2n) is 9.45. The molecule has 5 atom stereocenters. The number of rotatable bonds is 18. The van der Waals surface area contributed by atoms with E-state index in [9.17, 15) is 29.1 Å². The van der Waals surface area contributed by atoms with Gasteiger partial charge in [-0.05, 0) is 37.5 Å². The lowest BCUT2D eigenvalue weighted by Gasteiger charge is -2.27. The molecule has 212 valence electrons. The van der Waals surface area contributed by atoms with Crippen LogP contribution in [-0.2, 0) is 24.0 Å². The first-order valence-corrected chi connectivity index (χ1v) is 12.4. The van der Waals surface area contributed by atoms with Crippen LogP contribution < -0.4 is 33.2 Å². The molecule has 14 nitrogen and oxygen atoms in total. The number of nitrogens with one attached hydrogen (secondary N) is 3. The van der Waals surface area contributed by atoms with Crippen molar-refractivity contribution < 1.29 is 34.2 Å². The Morgan fingerprint density at radius 2 is 1.43 bits per heavy atom. The van der Waals surface area contributed by atoms with E-state index < -0.39 is 53.8 Å². The van der Waals surface area contributed by atoms with Crippen molar-refractivity contribution in [1.29, 1.82) is 0 Å². The summed E-state index contributed by atoms with van der Waals surface area (Å²) < 4.78 is 0. The maximum atomic E-state index is 13.1. The number of amides is 3. The van der Waals surface area contributed by atoms with Crippen LogP contribution in [0.1, 0.15) is 66.2 Å². The number of nitrogens with two attached hydrogens (primary N) is 3. The second-order valence-corrected chi connectivity index (χ2v) is 9.45. The van der Waals surface area contributed by atoms with E-state index in [0.717, 1.165) is 0 Å². The summed E-state index contributed by atoms with van der Waals surface area (Å²) in [6.45, 7) is 7.33. The highest BCUT2D eigenvalue weighted by Gasteiger charge is 2.32. The zero-order chi connectivity index (χ0) is 28.7. The highest BCUT2D eigenvalue weighted by atomic mass is 16.4.